The highest BCUT2D eigenvalue weighted by atomic mass is 28.3. The maximum Gasteiger partial charge on any atom is 0.483 e. The van der Waals surface area contributed by atoms with Gasteiger partial charge in [0.05, 0.1) is 13.4 Å². The van der Waals surface area contributed by atoms with E-state index in [0.717, 1.165) is 5.57 Å². The smallest absolute Gasteiger partial charge is 0.483 e. The maximum absolute atomic E-state index is 5.39. The predicted molar refractivity (Wildman–Crippen MR) is 49.6 cm³/mol. The first-order valence-electron chi connectivity index (χ1n) is 3.59. The van der Waals surface area contributed by atoms with Gasteiger partial charge in [0, 0.05) is 0 Å². The van der Waals surface area contributed by atoms with Gasteiger partial charge in [-0.15, -0.1) is 0 Å². The molecule has 0 saturated carbocycles. The standard InChI is InChI=1S/C8H16O2Si/c1-7(2)6-10-11(9-5)8(3)4/h6H,1-5H3. The summed E-state index contributed by atoms with van der Waals surface area (Å²) in [5.74, 6) is 0. The van der Waals surface area contributed by atoms with Crippen LogP contribution in [0.25, 0.3) is 0 Å². The Hall–Kier alpha value is -0.573. The van der Waals surface area contributed by atoms with E-state index in [9.17, 15) is 0 Å². The molecule has 0 aliphatic heterocycles. The van der Waals surface area contributed by atoms with E-state index in [-0.39, 0.29) is 0 Å². The van der Waals surface area contributed by atoms with Crippen molar-refractivity contribution < 1.29 is 8.85 Å². The van der Waals surface area contributed by atoms with Crippen molar-refractivity contribution in [3.8, 4) is 0 Å². The lowest BCUT2D eigenvalue weighted by molar-refractivity contribution is 0.329. The van der Waals surface area contributed by atoms with Crippen molar-refractivity contribution >= 4 is 14.1 Å². The number of hydrogen-bond acceptors (Lipinski definition) is 2. The summed E-state index contributed by atoms with van der Waals surface area (Å²) in [5.41, 5.74) is 1.16. The number of allylic oxidation sites excluding steroid dienone is 1. The zero-order valence-corrected chi connectivity index (χ0v) is 8.89. The van der Waals surface area contributed by atoms with Crippen LogP contribution in [0.4, 0.5) is 0 Å². The fraction of sp³-hybridized carbons (Fsp3) is 0.625. The minimum atomic E-state index is -1.16. The number of hydrogen-bond donors (Lipinski definition) is 0. The lowest BCUT2D eigenvalue weighted by Gasteiger charge is -2.04. The van der Waals surface area contributed by atoms with Crippen molar-refractivity contribution in [3.63, 3.8) is 0 Å². The molecule has 64 valence electrons. The molecule has 0 unspecified atom stereocenters. The van der Waals surface area contributed by atoms with Crippen LogP contribution < -0.4 is 0 Å². The van der Waals surface area contributed by atoms with E-state index in [1.807, 2.05) is 27.7 Å². The second kappa shape index (κ2) is 5.13. The summed E-state index contributed by atoms with van der Waals surface area (Å²) >= 11 is 0. The quantitative estimate of drug-likeness (QED) is 0.478. The first kappa shape index (κ1) is 10.4. The van der Waals surface area contributed by atoms with Gasteiger partial charge in [-0.25, -0.2) is 0 Å². The van der Waals surface area contributed by atoms with Crippen LogP contribution in [0, 0.1) is 0 Å². The highest BCUT2D eigenvalue weighted by molar-refractivity contribution is 6.60. The molecule has 0 aliphatic rings. The topological polar surface area (TPSA) is 18.5 Å². The van der Waals surface area contributed by atoms with Crippen LogP contribution in [0.5, 0.6) is 0 Å². The average molecular weight is 172 g/mol. The highest BCUT2D eigenvalue weighted by Gasteiger charge is 2.01. The third kappa shape index (κ3) is 4.78. The minimum absolute atomic E-state index is 1.16. The molecule has 11 heavy (non-hydrogen) atoms. The molecule has 0 radical (unpaired) electrons. The lowest BCUT2D eigenvalue weighted by atomic mass is 10.4. The molecule has 0 saturated heterocycles. The highest BCUT2D eigenvalue weighted by Crippen LogP contribution is 1.91. The molecule has 0 amide bonds. The van der Waals surface area contributed by atoms with E-state index >= 15 is 0 Å². The Bertz CT molecular complexity index is 175. The maximum atomic E-state index is 5.39. The molecule has 0 aliphatic carbocycles. The molecular formula is C8H16O2Si. The monoisotopic (exact) mass is 172 g/mol. The summed E-state index contributed by atoms with van der Waals surface area (Å²) in [6.45, 7) is 8.05. The molecule has 0 rings (SSSR count). The minimum Gasteiger partial charge on any atom is -0.526 e. The van der Waals surface area contributed by atoms with Gasteiger partial charge in [-0.1, -0.05) is 0 Å². The molecule has 0 aromatic carbocycles. The summed E-state index contributed by atoms with van der Waals surface area (Å²) in [6.07, 6.45) is 1.75. The summed E-state index contributed by atoms with van der Waals surface area (Å²) in [7, 11) is 0.525. The van der Waals surface area contributed by atoms with Crippen molar-refractivity contribution in [2.75, 3.05) is 7.11 Å². The molecule has 0 aromatic rings. The fourth-order valence-electron chi connectivity index (χ4n) is 0.541. The van der Waals surface area contributed by atoms with E-state index in [1.54, 1.807) is 13.4 Å². The van der Waals surface area contributed by atoms with E-state index in [4.69, 9.17) is 8.85 Å². The van der Waals surface area contributed by atoms with Gasteiger partial charge in [-0.2, -0.15) is 0 Å². The van der Waals surface area contributed by atoms with Gasteiger partial charge in [0.1, 0.15) is 0 Å². The summed E-state index contributed by atoms with van der Waals surface area (Å²) in [6, 6.07) is 0. The van der Waals surface area contributed by atoms with Gasteiger partial charge in [-0.3, -0.25) is 0 Å². The predicted octanol–water partition coefficient (Wildman–Crippen LogP) is 1.86. The average Bonchev–Trinajstić information content (AvgIpc) is 1.87. The molecule has 0 fully saturated rings. The second-order valence-corrected chi connectivity index (χ2v) is 5.02. The Morgan fingerprint density at radius 2 is 1.73 bits per heavy atom. The Labute approximate surface area is 70.3 Å². The Morgan fingerprint density at radius 3 is 2.00 bits per heavy atom. The zero-order chi connectivity index (χ0) is 8.85. The van der Waals surface area contributed by atoms with Crippen LogP contribution in [0.3, 0.4) is 0 Å². The van der Waals surface area contributed by atoms with Crippen LogP contribution in [-0.2, 0) is 8.85 Å². The second-order valence-electron chi connectivity index (χ2n) is 2.80. The van der Waals surface area contributed by atoms with E-state index in [1.165, 1.54) is 5.17 Å². The van der Waals surface area contributed by atoms with Crippen LogP contribution in [0.1, 0.15) is 27.7 Å². The first-order valence-corrected chi connectivity index (χ1v) is 4.91. The molecule has 3 heteroatoms. The fourth-order valence-corrected chi connectivity index (χ4v) is 1.62. The van der Waals surface area contributed by atoms with Gasteiger partial charge in [-0.05, 0) is 38.4 Å². The van der Waals surface area contributed by atoms with Crippen LogP contribution in [0.15, 0.2) is 11.8 Å². The van der Waals surface area contributed by atoms with E-state index < -0.39 is 8.90 Å². The van der Waals surface area contributed by atoms with Crippen molar-refractivity contribution in [3.05, 3.63) is 11.8 Å². The van der Waals surface area contributed by atoms with Crippen LogP contribution >= 0.6 is 0 Å². The third-order valence-corrected chi connectivity index (χ3v) is 2.51. The van der Waals surface area contributed by atoms with E-state index in [0.29, 0.717) is 0 Å². The summed E-state index contributed by atoms with van der Waals surface area (Å²) < 4.78 is 10.6. The van der Waals surface area contributed by atoms with Crippen LogP contribution in [0.2, 0.25) is 0 Å². The summed E-state index contributed by atoms with van der Waals surface area (Å²) in [4.78, 5) is 0. The molecule has 2 nitrogen and oxygen atoms in total. The van der Waals surface area contributed by atoms with Crippen molar-refractivity contribution in [2.45, 2.75) is 27.7 Å². The lowest BCUT2D eigenvalue weighted by Crippen LogP contribution is -2.15. The Morgan fingerprint density at radius 1 is 1.18 bits per heavy atom. The zero-order valence-electron chi connectivity index (χ0n) is 7.89. The Kier molecular flexibility index (Phi) is 4.86. The van der Waals surface area contributed by atoms with Gasteiger partial charge in [0.15, 0.2) is 0 Å². The normalized spacial score (nSPS) is 8.45. The van der Waals surface area contributed by atoms with Crippen molar-refractivity contribution in [2.24, 2.45) is 0 Å². The number of rotatable bonds is 3. The van der Waals surface area contributed by atoms with Crippen molar-refractivity contribution in [1.82, 2.24) is 0 Å². The van der Waals surface area contributed by atoms with Crippen LogP contribution in [-0.4, -0.2) is 21.2 Å². The SMILES string of the molecule is CO[Si](OC=C(C)C)=C(C)C. The molecule has 0 atom stereocenters. The molecule has 0 aromatic heterocycles. The first-order chi connectivity index (χ1) is 5.07. The molecule has 0 N–H and O–H groups in total. The van der Waals surface area contributed by atoms with Gasteiger partial charge >= 0.3 is 8.90 Å². The van der Waals surface area contributed by atoms with Gasteiger partial charge in [0.2, 0.25) is 0 Å². The van der Waals surface area contributed by atoms with Crippen molar-refractivity contribution in [1.29, 1.82) is 0 Å². The largest absolute Gasteiger partial charge is 0.526 e. The third-order valence-electron chi connectivity index (χ3n) is 0.995. The van der Waals surface area contributed by atoms with Gasteiger partial charge < -0.3 is 8.85 Å². The molecule has 0 heterocycles. The molecular weight excluding hydrogens is 156 g/mol. The Balaban J connectivity index is 4.12. The van der Waals surface area contributed by atoms with E-state index in [2.05, 4.69) is 0 Å². The molecule has 0 bridgehead atoms. The molecule has 0 spiro atoms. The van der Waals surface area contributed by atoms with Gasteiger partial charge in [0.25, 0.3) is 0 Å². The summed E-state index contributed by atoms with van der Waals surface area (Å²) in [5, 5.41) is 1.22.